The molecule has 0 aliphatic heterocycles. The summed E-state index contributed by atoms with van der Waals surface area (Å²) >= 11 is 1.40. The fraction of sp³-hybridized carbons (Fsp3) is 0.368. The molecule has 0 saturated heterocycles. The molecule has 3 aromatic carbocycles. The first kappa shape index (κ1) is 32.4. The van der Waals surface area contributed by atoms with Crippen molar-refractivity contribution in [2.75, 3.05) is 12.4 Å². The average molecular weight is 650 g/mol. The van der Waals surface area contributed by atoms with Crippen LogP contribution in [0.4, 0.5) is 5.13 Å². The molecule has 1 heterocycles. The van der Waals surface area contributed by atoms with E-state index in [4.69, 9.17) is 19.6 Å². The molecule has 0 amide bonds. The average Bonchev–Trinajstić information content (AvgIpc) is 3.59. The summed E-state index contributed by atoms with van der Waals surface area (Å²) in [7, 11) is 1.42. The van der Waals surface area contributed by atoms with Crippen LogP contribution < -0.4 is 10.6 Å². The van der Waals surface area contributed by atoms with Gasteiger partial charge in [0.25, 0.3) is 6.02 Å². The van der Waals surface area contributed by atoms with Crippen LogP contribution in [0, 0.1) is 0 Å². The number of aromatic nitrogens is 1. The summed E-state index contributed by atoms with van der Waals surface area (Å²) in [5.74, 6) is -0.651. The Kier molecular flexibility index (Phi) is 11.0. The molecule has 2 saturated carbocycles. The molecule has 2 N–H and O–H groups in total. The predicted molar refractivity (Wildman–Crippen MR) is 189 cm³/mol. The second-order valence-electron chi connectivity index (χ2n) is 12.2. The minimum absolute atomic E-state index is 0.0108. The second kappa shape index (κ2) is 15.9. The molecule has 244 valence electrons. The fourth-order valence-electron chi connectivity index (χ4n) is 6.69. The lowest BCUT2D eigenvalue weighted by atomic mass is 9.77. The number of carbonyl (C=O) groups is 1. The van der Waals surface area contributed by atoms with Crippen molar-refractivity contribution in [3.05, 3.63) is 119 Å². The molecule has 0 atom stereocenters. The number of nitrogens with one attached hydrogen (secondary N) is 2. The van der Waals surface area contributed by atoms with Gasteiger partial charge in [0, 0.05) is 11.4 Å². The molecule has 0 unspecified atom stereocenters. The third-order valence-corrected chi connectivity index (χ3v) is 9.79. The number of hydrogen-bond acceptors (Lipinski definition) is 8. The third-order valence-electron chi connectivity index (χ3n) is 9.03. The van der Waals surface area contributed by atoms with E-state index in [1.165, 1.54) is 31.3 Å². The lowest BCUT2D eigenvalue weighted by Gasteiger charge is -2.36. The maximum atomic E-state index is 13.8. The quantitative estimate of drug-likeness (QED) is 0.0593. The van der Waals surface area contributed by atoms with Gasteiger partial charge in [-0.3, -0.25) is 0 Å². The molecular weight excluding hydrogens is 607 g/mol. The zero-order valence-corrected chi connectivity index (χ0v) is 27.8. The first-order chi connectivity index (χ1) is 23.2. The standard InChI is InChI=1S/C38H43N5O3S/c1-45-43-34(35(44)46-36(39-31-23-13-5-14-24-31)40-32-25-15-6-16-26-32)33-27-47-37(41-33)42-38(28-17-7-2-8-18-28,29-19-9-3-10-20-29)30-21-11-4-12-22-30/h2-4,7-12,17-22,27,31-32H,5-6,13-16,23-26H2,1H3,(H,39,40)(H,41,42). The van der Waals surface area contributed by atoms with Gasteiger partial charge in [0.2, 0.25) is 5.71 Å². The van der Waals surface area contributed by atoms with Crippen molar-refractivity contribution >= 4 is 34.2 Å². The summed E-state index contributed by atoms with van der Waals surface area (Å²) in [4.78, 5) is 28.7. The predicted octanol–water partition coefficient (Wildman–Crippen LogP) is 8.05. The number of anilines is 1. The van der Waals surface area contributed by atoms with Gasteiger partial charge in [0.15, 0.2) is 5.13 Å². The highest BCUT2D eigenvalue weighted by Crippen LogP contribution is 2.40. The van der Waals surface area contributed by atoms with E-state index in [1.807, 2.05) is 54.6 Å². The highest BCUT2D eigenvalue weighted by molar-refractivity contribution is 7.14. The zero-order chi connectivity index (χ0) is 32.3. The normalized spacial score (nSPS) is 16.8. The minimum Gasteiger partial charge on any atom is -0.398 e. The molecule has 9 heteroatoms. The van der Waals surface area contributed by atoms with Crippen LogP contribution in [0.25, 0.3) is 0 Å². The van der Waals surface area contributed by atoms with Crippen molar-refractivity contribution in [2.24, 2.45) is 10.1 Å². The number of oxime groups is 1. The molecule has 1 aromatic heterocycles. The largest absolute Gasteiger partial charge is 0.398 e. The Hall–Kier alpha value is -4.50. The highest BCUT2D eigenvalue weighted by atomic mass is 32.1. The van der Waals surface area contributed by atoms with Gasteiger partial charge in [0.1, 0.15) is 18.3 Å². The number of ether oxygens (including phenoxy) is 1. The Morgan fingerprint density at radius 1 is 0.787 bits per heavy atom. The Bertz CT molecular complexity index is 1530. The van der Waals surface area contributed by atoms with E-state index >= 15 is 0 Å². The molecule has 0 bridgehead atoms. The molecule has 4 aromatic rings. The molecule has 0 spiro atoms. The second-order valence-corrected chi connectivity index (χ2v) is 13.1. The number of hydrogen-bond donors (Lipinski definition) is 2. The van der Waals surface area contributed by atoms with Crippen LogP contribution in [0.2, 0.25) is 0 Å². The summed E-state index contributed by atoms with van der Waals surface area (Å²) in [6.07, 6.45) is 11.1. The summed E-state index contributed by atoms with van der Waals surface area (Å²) in [6, 6.07) is 31.6. The van der Waals surface area contributed by atoms with Gasteiger partial charge in [-0.2, -0.15) is 0 Å². The molecule has 2 fully saturated rings. The summed E-state index contributed by atoms with van der Waals surface area (Å²) < 4.78 is 5.98. The molecule has 2 aliphatic carbocycles. The smallest absolute Gasteiger partial charge is 0.370 e. The van der Waals surface area contributed by atoms with Crippen LogP contribution in [0.1, 0.15) is 86.6 Å². The molecule has 8 nitrogen and oxygen atoms in total. The van der Waals surface area contributed by atoms with Gasteiger partial charge in [-0.15, -0.1) is 11.3 Å². The third kappa shape index (κ3) is 7.91. The van der Waals surface area contributed by atoms with Crippen LogP contribution >= 0.6 is 11.3 Å². The van der Waals surface area contributed by atoms with Crippen molar-refractivity contribution < 1.29 is 14.4 Å². The van der Waals surface area contributed by atoms with Gasteiger partial charge in [-0.1, -0.05) is 135 Å². The Morgan fingerprint density at radius 3 is 1.85 bits per heavy atom. The molecule has 47 heavy (non-hydrogen) atoms. The van der Waals surface area contributed by atoms with Crippen molar-refractivity contribution in [3.63, 3.8) is 0 Å². The van der Waals surface area contributed by atoms with E-state index in [0.717, 1.165) is 68.1 Å². The lowest BCUT2D eigenvalue weighted by Crippen LogP contribution is -2.40. The number of aliphatic imine (C=N–C) groups is 1. The first-order valence-corrected chi connectivity index (χ1v) is 17.6. The van der Waals surface area contributed by atoms with E-state index in [1.54, 1.807) is 5.38 Å². The van der Waals surface area contributed by atoms with Crippen molar-refractivity contribution in [1.82, 2.24) is 10.3 Å². The van der Waals surface area contributed by atoms with Crippen molar-refractivity contribution in [1.29, 1.82) is 0 Å². The fourth-order valence-corrected chi connectivity index (χ4v) is 7.44. The number of nitrogens with zero attached hydrogens (tertiary/aromatic N) is 3. The summed E-state index contributed by atoms with van der Waals surface area (Å²) in [5, 5.41) is 13.7. The number of esters is 1. The number of benzene rings is 3. The number of rotatable bonds is 10. The number of amidine groups is 1. The zero-order valence-electron chi connectivity index (χ0n) is 26.9. The first-order valence-electron chi connectivity index (χ1n) is 16.7. The van der Waals surface area contributed by atoms with Gasteiger partial charge in [-0.05, 0) is 42.4 Å². The van der Waals surface area contributed by atoms with E-state index in [2.05, 4.69) is 52.2 Å². The van der Waals surface area contributed by atoms with E-state index in [0.29, 0.717) is 10.8 Å². The summed E-state index contributed by atoms with van der Waals surface area (Å²) in [6.45, 7) is 0. The van der Waals surface area contributed by atoms with Crippen LogP contribution in [0.15, 0.2) is 107 Å². The highest BCUT2D eigenvalue weighted by Gasteiger charge is 2.37. The number of carbonyl (C=O) groups excluding carboxylic acids is 1. The van der Waals surface area contributed by atoms with Crippen LogP contribution in [0.3, 0.4) is 0 Å². The van der Waals surface area contributed by atoms with Gasteiger partial charge in [-0.25, -0.2) is 14.8 Å². The monoisotopic (exact) mass is 649 g/mol. The molecule has 2 aliphatic rings. The maximum absolute atomic E-state index is 13.8. The van der Waals surface area contributed by atoms with Crippen LogP contribution in [-0.2, 0) is 19.9 Å². The Labute approximate surface area is 281 Å². The van der Waals surface area contributed by atoms with Crippen molar-refractivity contribution in [2.45, 2.75) is 81.8 Å². The minimum atomic E-state index is -0.762. The maximum Gasteiger partial charge on any atom is 0.370 e. The van der Waals surface area contributed by atoms with Gasteiger partial charge >= 0.3 is 5.97 Å². The van der Waals surface area contributed by atoms with Crippen molar-refractivity contribution in [3.8, 4) is 0 Å². The topological polar surface area (TPSA) is 97.2 Å². The lowest BCUT2D eigenvalue weighted by molar-refractivity contribution is -0.128. The molecular formula is C38H43N5O3S. The molecule has 0 radical (unpaired) electrons. The molecule has 6 rings (SSSR count). The van der Waals surface area contributed by atoms with E-state index in [9.17, 15) is 4.79 Å². The Balaban J connectivity index is 1.31. The number of thiazole rings is 1. The Morgan fingerprint density at radius 2 is 1.32 bits per heavy atom. The van der Waals surface area contributed by atoms with Crippen LogP contribution in [0.5, 0.6) is 0 Å². The van der Waals surface area contributed by atoms with Gasteiger partial charge in [0.05, 0.1) is 6.04 Å². The van der Waals surface area contributed by atoms with E-state index < -0.39 is 11.5 Å². The SMILES string of the molecule is CON=C(C(=O)OC(=NC1CCCCC1)NC1CCCCC1)c1csc(NC(c2ccccc2)(c2ccccc2)c2ccccc2)n1. The summed E-state index contributed by atoms with van der Waals surface area (Å²) in [5.41, 5.74) is 2.75. The van der Waals surface area contributed by atoms with Crippen LogP contribution in [-0.4, -0.2) is 41.9 Å². The van der Waals surface area contributed by atoms with Gasteiger partial charge < -0.3 is 20.2 Å². The van der Waals surface area contributed by atoms with E-state index in [-0.39, 0.29) is 23.8 Å².